The number of rotatable bonds is 2. The fourth-order valence-corrected chi connectivity index (χ4v) is 0.770. The van der Waals surface area contributed by atoms with Crippen LogP contribution >= 0.6 is 0 Å². The van der Waals surface area contributed by atoms with E-state index in [1.165, 1.54) is 0 Å². The third-order valence-electron chi connectivity index (χ3n) is 0.664. The van der Waals surface area contributed by atoms with Gasteiger partial charge in [-0.15, -0.1) is 0 Å². The largest absolute Gasteiger partial charge is 2.00 e. The fourth-order valence-electron chi connectivity index (χ4n) is 0.385. The van der Waals surface area contributed by atoms with Crippen LogP contribution in [0, 0.1) is 0 Å². The van der Waals surface area contributed by atoms with Gasteiger partial charge in [0, 0.05) is 12.2 Å². The Balaban J connectivity index is -0.0000000639. The summed E-state index contributed by atoms with van der Waals surface area (Å²) < 4.78 is 8.85. The van der Waals surface area contributed by atoms with Crippen molar-refractivity contribution in [3.05, 3.63) is 0 Å². The quantitative estimate of drug-likeness (QED) is 0.380. The minimum Gasteiger partial charge on any atom is -0.698 e. The van der Waals surface area contributed by atoms with Gasteiger partial charge in [0.2, 0.25) is 0 Å². The molecule has 0 fully saturated rings. The van der Waals surface area contributed by atoms with Crippen LogP contribution in [0.2, 0.25) is 0 Å². The summed E-state index contributed by atoms with van der Waals surface area (Å²) in [5, 5.41) is 14.9. The molecule has 0 heterocycles. The third-order valence-corrected chi connectivity index (χ3v) is 0.856. The average Bonchev–Trinajstić information content (AvgIpc) is 2.10. The fraction of sp³-hybridized carbons (Fsp3) is 0.857. The second kappa shape index (κ2) is 25.0. The van der Waals surface area contributed by atoms with Crippen LogP contribution in [0.25, 0.3) is 0 Å². The van der Waals surface area contributed by atoms with Gasteiger partial charge in [-0.3, -0.25) is 9.59 Å². The van der Waals surface area contributed by atoms with E-state index in [4.69, 9.17) is 10.2 Å². The molecule has 0 spiro atoms. The SMILES string of the molecule is CC(C)O.CC(C)O.CC(C)OC(=O)[S-].CC(C)OC(=O)[S-].[Sr+2]. The van der Waals surface area contributed by atoms with Gasteiger partial charge in [-0.2, -0.15) is 0 Å². The topological polar surface area (TPSA) is 93.1 Å². The summed E-state index contributed by atoms with van der Waals surface area (Å²) in [7, 11) is 0. The van der Waals surface area contributed by atoms with Crippen LogP contribution in [0.4, 0.5) is 9.59 Å². The first kappa shape index (κ1) is 35.0. The molecule has 0 atom stereocenters. The molecule has 0 aromatic rings. The number of carbonyl (C=O) groups excluding carboxylic acids is 2. The maximum atomic E-state index is 9.85. The standard InChI is InChI=1S/2C4H8O2S.2C3H8O.Sr/c2*1-3(2)6-4(5)7;2*1-3(2)4;/h2*3H,1-2H3,(H,5,7);2*3-4H,1-2H3;/q;;;;+2/p-2. The number of aliphatic hydroxyl groups is 2. The minimum atomic E-state index is -0.630. The Morgan fingerprint density at radius 3 is 0.826 bits per heavy atom. The van der Waals surface area contributed by atoms with Gasteiger partial charge >= 0.3 is 45.5 Å². The van der Waals surface area contributed by atoms with Gasteiger partial charge in [0.15, 0.2) is 10.6 Å². The van der Waals surface area contributed by atoms with Crippen LogP contribution in [0.1, 0.15) is 55.4 Å². The molecule has 9 heteroatoms. The molecule has 2 N–H and O–H groups in total. The molecule has 0 aliphatic carbocycles. The van der Waals surface area contributed by atoms with E-state index in [-0.39, 0.29) is 69.9 Å². The normalized spacial score (nSPS) is 8.61. The molecule has 0 radical (unpaired) electrons. The monoisotopic (exact) mass is 446 g/mol. The van der Waals surface area contributed by atoms with E-state index in [0.29, 0.717) is 0 Å². The molecule has 0 aromatic heterocycles. The van der Waals surface area contributed by atoms with Crippen molar-refractivity contribution in [1.82, 2.24) is 0 Å². The molecular weight excluding hydrogens is 416 g/mol. The number of carbonyl (C=O) groups is 2. The Morgan fingerprint density at radius 2 is 0.826 bits per heavy atom. The molecule has 0 saturated heterocycles. The summed E-state index contributed by atoms with van der Waals surface area (Å²) in [5.74, 6) is 0. The van der Waals surface area contributed by atoms with Gasteiger partial charge in [-0.25, -0.2) is 0 Å². The number of hydrogen-bond acceptors (Lipinski definition) is 8. The molecule has 0 aromatic carbocycles. The Labute approximate surface area is 188 Å². The van der Waals surface area contributed by atoms with E-state index in [9.17, 15) is 9.59 Å². The van der Waals surface area contributed by atoms with Gasteiger partial charge in [0.25, 0.3) is 0 Å². The molecule has 0 bridgehead atoms. The van der Waals surface area contributed by atoms with Crippen molar-refractivity contribution in [2.75, 3.05) is 0 Å². The molecule has 0 amide bonds. The zero-order valence-corrected chi connectivity index (χ0v) is 20.5. The molecule has 0 unspecified atom stereocenters. The van der Waals surface area contributed by atoms with Crippen LogP contribution in [0.5, 0.6) is 0 Å². The van der Waals surface area contributed by atoms with E-state index in [2.05, 4.69) is 34.7 Å². The zero-order chi connectivity index (χ0) is 18.9. The molecule has 0 saturated carbocycles. The van der Waals surface area contributed by atoms with Crippen LogP contribution in [-0.4, -0.2) is 90.7 Å². The first-order chi connectivity index (χ1) is 9.72. The van der Waals surface area contributed by atoms with Gasteiger partial charge in [0.1, 0.15) is 0 Å². The van der Waals surface area contributed by atoms with Crippen LogP contribution in [-0.2, 0) is 34.7 Å². The van der Waals surface area contributed by atoms with E-state index in [1.54, 1.807) is 55.4 Å². The predicted molar refractivity (Wildman–Crippen MR) is 98.4 cm³/mol. The Bertz CT molecular complexity index is 230. The van der Waals surface area contributed by atoms with E-state index in [0.717, 1.165) is 0 Å². The van der Waals surface area contributed by atoms with Gasteiger partial charge < -0.3 is 44.9 Å². The maximum Gasteiger partial charge on any atom is 2.00 e. The first-order valence-corrected chi connectivity index (χ1v) is 7.65. The van der Waals surface area contributed by atoms with Gasteiger partial charge in [-0.05, 0) is 55.4 Å². The maximum absolute atomic E-state index is 9.85. The van der Waals surface area contributed by atoms with Gasteiger partial charge in [-0.1, -0.05) is 0 Å². The molecule has 0 aliphatic heterocycles. The summed E-state index contributed by atoms with van der Waals surface area (Å²) in [6.45, 7) is 13.9. The molecule has 136 valence electrons. The zero-order valence-electron chi connectivity index (χ0n) is 15.4. The van der Waals surface area contributed by atoms with E-state index in [1.807, 2.05) is 0 Å². The molecule has 6 nitrogen and oxygen atoms in total. The number of hydrogen-bond donors (Lipinski definition) is 2. The second-order valence-electron chi connectivity index (χ2n) is 5.02. The predicted octanol–water partition coefficient (Wildman–Crippen LogP) is 2.55. The summed E-state index contributed by atoms with van der Waals surface area (Å²) in [5.41, 5.74) is 0. The van der Waals surface area contributed by atoms with Crippen LogP contribution < -0.4 is 0 Å². The molecule has 0 rings (SSSR count). The van der Waals surface area contributed by atoms with Crippen LogP contribution in [0.15, 0.2) is 0 Å². The van der Waals surface area contributed by atoms with Crippen molar-refractivity contribution in [2.24, 2.45) is 0 Å². The molecule has 0 aliphatic rings. The van der Waals surface area contributed by atoms with Gasteiger partial charge in [0.05, 0.1) is 12.2 Å². The van der Waals surface area contributed by atoms with Crippen molar-refractivity contribution in [3.63, 3.8) is 0 Å². The van der Waals surface area contributed by atoms with E-state index < -0.39 is 10.6 Å². The Kier molecular flexibility index (Phi) is 38.1. The van der Waals surface area contributed by atoms with E-state index >= 15 is 0 Å². The summed E-state index contributed by atoms with van der Waals surface area (Å²) in [4.78, 5) is 19.7. The summed E-state index contributed by atoms with van der Waals surface area (Å²) in [6.07, 6.45) is -0.491. The smallest absolute Gasteiger partial charge is 0.698 e. The molecule has 23 heavy (non-hydrogen) atoms. The second-order valence-corrected chi connectivity index (χ2v) is 5.69. The third kappa shape index (κ3) is 128. The molecular formula is C14H30O6S2Sr. The van der Waals surface area contributed by atoms with Crippen molar-refractivity contribution in [3.8, 4) is 0 Å². The Morgan fingerprint density at radius 1 is 0.696 bits per heavy atom. The summed E-state index contributed by atoms with van der Waals surface area (Å²) in [6, 6.07) is 0. The minimum absolute atomic E-state index is 0. The van der Waals surface area contributed by atoms with Crippen molar-refractivity contribution in [2.45, 2.75) is 79.8 Å². The van der Waals surface area contributed by atoms with Crippen molar-refractivity contribution < 1.29 is 29.3 Å². The number of ether oxygens (including phenoxy) is 2. The van der Waals surface area contributed by atoms with Crippen molar-refractivity contribution in [1.29, 1.82) is 0 Å². The first-order valence-electron chi connectivity index (χ1n) is 6.83. The summed E-state index contributed by atoms with van der Waals surface area (Å²) >= 11 is 8.19. The average molecular weight is 446 g/mol. The Hall–Kier alpha value is 0.781. The number of aliphatic hydroxyl groups excluding tert-OH is 2. The van der Waals surface area contributed by atoms with Crippen LogP contribution in [0.3, 0.4) is 0 Å². The van der Waals surface area contributed by atoms with Crippen molar-refractivity contribution >= 4 is 81.3 Å².